The summed E-state index contributed by atoms with van der Waals surface area (Å²) >= 11 is 0. The number of hydrogen-bond donors (Lipinski definition) is 2. The van der Waals surface area contributed by atoms with Crippen LogP contribution in [0.2, 0.25) is 0 Å². The second-order valence-electron chi connectivity index (χ2n) is 7.56. The highest BCUT2D eigenvalue weighted by atomic mass is 16.5. The molecule has 4 rings (SSSR count). The zero-order valence-corrected chi connectivity index (χ0v) is 14.6. The molecule has 0 aromatic heterocycles. The smallest absolute Gasteiger partial charge is 0.308 e. The van der Waals surface area contributed by atoms with E-state index in [4.69, 9.17) is 4.74 Å². The van der Waals surface area contributed by atoms with Crippen molar-refractivity contribution in [2.75, 3.05) is 6.54 Å². The highest BCUT2D eigenvalue weighted by Crippen LogP contribution is 2.61. The van der Waals surface area contributed by atoms with Crippen LogP contribution < -0.4 is 5.32 Å². The molecule has 2 N–H and O–H groups in total. The molecule has 1 saturated heterocycles. The number of nitrogens with one attached hydrogen (secondary N) is 1. The standard InChI is InChI=1S/C20H26N2O3/c1-2-10-21-20(12-17(23)24)14-19-9-5-3-7-15(19)13-22-11-6-4-8-16(22)18(19)25-20/h2,6,11,13,21H,1,3-5,7-10,12,14H2,(H,23,24). The molecule has 134 valence electrons. The summed E-state index contributed by atoms with van der Waals surface area (Å²) in [6.45, 7) is 4.30. The van der Waals surface area contributed by atoms with E-state index < -0.39 is 11.7 Å². The second-order valence-corrected chi connectivity index (χ2v) is 7.56. The number of carboxylic acids is 1. The Kier molecular flexibility index (Phi) is 3.99. The Bertz CT molecular complexity index is 693. The first-order valence-electron chi connectivity index (χ1n) is 9.25. The van der Waals surface area contributed by atoms with Gasteiger partial charge >= 0.3 is 5.97 Å². The van der Waals surface area contributed by atoms with E-state index in [9.17, 15) is 9.90 Å². The minimum Gasteiger partial charge on any atom is -0.481 e. The number of hydrogen-bond acceptors (Lipinski definition) is 4. The Labute approximate surface area is 148 Å². The summed E-state index contributed by atoms with van der Waals surface area (Å²) < 4.78 is 6.52. The molecule has 3 heterocycles. The average Bonchev–Trinajstić information content (AvgIpc) is 2.91. The molecule has 4 aliphatic rings. The highest BCUT2D eigenvalue weighted by Gasteiger charge is 2.59. The number of carbonyl (C=O) groups is 1. The summed E-state index contributed by atoms with van der Waals surface area (Å²) in [7, 11) is 0. The Hall–Kier alpha value is -2.01. The second kappa shape index (κ2) is 6.06. The van der Waals surface area contributed by atoms with Gasteiger partial charge in [-0.25, -0.2) is 0 Å². The lowest BCUT2D eigenvalue weighted by molar-refractivity contribution is -0.143. The molecule has 0 radical (unpaired) electrons. The molecular formula is C20H26N2O3. The van der Waals surface area contributed by atoms with Crippen LogP contribution in [-0.2, 0) is 9.53 Å². The molecule has 2 fully saturated rings. The van der Waals surface area contributed by atoms with Crippen molar-refractivity contribution in [1.82, 2.24) is 10.2 Å². The van der Waals surface area contributed by atoms with E-state index in [-0.39, 0.29) is 11.8 Å². The average molecular weight is 342 g/mol. The van der Waals surface area contributed by atoms with Gasteiger partial charge in [-0.2, -0.15) is 0 Å². The Morgan fingerprint density at radius 1 is 1.44 bits per heavy atom. The predicted octanol–water partition coefficient (Wildman–Crippen LogP) is 3.63. The summed E-state index contributed by atoms with van der Waals surface area (Å²) in [6, 6.07) is 0. The van der Waals surface area contributed by atoms with Crippen molar-refractivity contribution in [3.05, 3.63) is 48.2 Å². The lowest BCUT2D eigenvalue weighted by Gasteiger charge is -2.42. The molecule has 0 aromatic rings. The molecule has 0 aromatic carbocycles. The van der Waals surface area contributed by atoms with Crippen LogP contribution in [0.1, 0.15) is 51.4 Å². The Morgan fingerprint density at radius 3 is 3.12 bits per heavy atom. The van der Waals surface area contributed by atoms with Gasteiger partial charge < -0.3 is 14.7 Å². The van der Waals surface area contributed by atoms with Crippen LogP contribution in [0.15, 0.2) is 48.2 Å². The van der Waals surface area contributed by atoms with Crippen molar-refractivity contribution in [1.29, 1.82) is 0 Å². The van der Waals surface area contributed by atoms with Gasteiger partial charge in [0.2, 0.25) is 0 Å². The van der Waals surface area contributed by atoms with E-state index in [2.05, 4.69) is 35.3 Å². The molecule has 0 amide bonds. The fourth-order valence-electron chi connectivity index (χ4n) is 4.93. The lowest BCUT2D eigenvalue weighted by atomic mass is 9.65. The van der Waals surface area contributed by atoms with E-state index in [1.807, 2.05) is 0 Å². The zero-order valence-electron chi connectivity index (χ0n) is 14.6. The highest BCUT2D eigenvalue weighted by molar-refractivity contribution is 5.68. The van der Waals surface area contributed by atoms with Gasteiger partial charge in [0.05, 0.1) is 17.5 Å². The van der Waals surface area contributed by atoms with Crippen molar-refractivity contribution >= 4 is 5.97 Å². The van der Waals surface area contributed by atoms with Crippen LogP contribution in [0.4, 0.5) is 0 Å². The van der Waals surface area contributed by atoms with Crippen LogP contribution in [0.5, 0.6) is 0 Å². The summed E-state index contributed by atoms with van der Waals surface area (Å²) in [5, 5.41) is 12.8. The number of nitrogens with zero attached hydrogens (tertiary/aromatic N) is 1. The van der Waals surface area contributed by atoms with Gasteiger partial charge in [-0.1, -0.05) is 18.6 Å². The molecule has 1 aliphatic carbocycles. The summed E-state index contributed by atoms with van der Waals surface area (Å²) in [4.78, 5) is 13.8. The number of rotatable bonds is 5. The van der Waals surface area contributed by atoms with Crippen molar-refractivity contribution < 1.29 is 14.6 Å². The molecule has 3 aliphatic heterocycles. The Balaban J connectivity index is 1.80. The summed E-state index contributed by atoms with van der Waals surface area (Å²) in [5.41, 5.74) is 1.63. The zero-order chi connectivity index (χ0) is 17.5. The maximum atomic E-state index is 11.6. The monoisotopic (exact) mass is 342 g/mol. The van der Waals surface area contributed by atoms with E-state index >= 15 is 0 Å². The summed E-state index contributed by atoms with van der Waals surface area (Å²) in [5.74, 6) is 0.186. The van der Waals surface area contributed by atoms with Crippen LogP contribution in [-0.4, -0.2) is 28.2 Å². The van der Waals surface area contributed by atoms with Crippen molar-refractivity contribution in [3.8, 4) is 0 Å². The molecular weight excluding hydrogens is 316 g/mol. The largest absolute Gasteiger partial charge is 0.481 e. The fourth-order valence-corrected chi connectivity index (χ4v) is 4.93. The third kappa shape index (κ3) is 2.61. The molecule has 5 heteroatoms. The molecule has 5 nitrogen and oxygen atoms in total. The fraction of sp³-hybridized carbons (Fsp3) is 0.550. The van der Waals surface area contributed by atoms with Gasteiger partial charge in [0, 0.05) is 25.4 Å². The molecule has 1 saturated carbocycles. The number of carboxylic acid groups (broad SMARTS) is 1. The van der Waals surface area contributed by atoms with Gasteiger partial charge in [0.1, 0.15) is 5.76 Å². The first kappa shape index (κ1) is 16.5. The van der Waals surface area contributed by atoms with Gasteiger partial charge in [0.15, 0.2) is 5.72 Å². The van der Waals surface area contributed by atoms with Crippen molar-refractivity contribution in [3.63, 3.8) is 0 Å². The van der Waals surface area contributed by atoms with Crippen LogP contribution in [0, 0.1) is 5.41 Å². The van der Waals surface area contributed by atoms with Crippen LogP contribution in [0.3, 0.4) is 0 Å². The topological polar surface area (TPSA) is 61.8 Å². The summed E-state index contributed by atoms with van der Waals surface area (Å²) in [6.07, 6.45) is 15.4. The van der Waals surface area contributed by atoms with E-state index in [0.29, 0.717) is 13.0 Å². The number of aliphatic carboxylic acids is 1. The van der Waals surface area contributed by atoms with E-state index in [1.54, 1.807) is 6.08 Å². The lowest BCUT2D eigenvalue weighted by Crippen LogP contribution is -2.47. The maximum Gasteiger partial charge on any atom is 0.308 e. The van der Waals surface area contributed by atoms with E-state index in [1.165, 1.54) is 17.7 Å². The van der Waals surface area contributed by atoms with Crippen LogP contribution in [0.25, 0.3) is 0 Å². The molecule has 25 heavy (non-hydrogen) atoms. The van der Waals surface area contributed by atoms with Crippen molar-refractivity contribution in [2.24, 2.45) is 5.41 Å². The normalized spacial score (nSPS) is 33.1. The first-order chi connectivity index (χ1) is 12.1. The minimum absolute atomic E-state index is 0.0392. The molecule has 1 spiro atoms. The van der Waals surface area contributed by atoms with E-state index in [0.717, 1.165) is 37.9 Å². The first-order valence-corrected chi connectivity index (χ1v) is 9.25. The van der Waals surface area contributed by atoms with Crippen LogP contribution >= 0.6 is 0 Å². The molecule has 0 bridgehead atoms. The Morgan fingerprint density at radius 2 is 2.32 bits per heavy atom. The predicted molar refractivity (Wildman–Crippen MR) is 95.1 cm³/mol. The maximum absolute atomic E-state index is 11.6. The van der Waals surface area contributed by atoms with Gasteiger partial charge in [0.25, 0.3) is 0 Å². The third-order valence-corrected chi connectivity index (χ3v) is 5.92. The number of fused-ring (bicyclic) bond motifs is 1. The minimum atomic E-state index is -0.851. The number of ether oxygens (including phenoxy) is 1. The quantitative estimate of drug-likeness (QED) is 0.747. The molecule has 2 unspecified atom stereocenters. The number of allylic oxidation sites excluding steroid dienone is 3. The van der Waals surface area contributed by atoms with Gasteiger partial charge in [-0.15, -0.1) is 6.58 Å². The SMILES string of the molecule is C=CCNC1(CC(=O)O)CC23CCCCC2=CN2C=CCCC2=C3O1. The van der Waals surface area contributed by atoms with Crippen molar-refractivity contribution in [2.45, 2.75) is 57.1 Å². The van der Waals surface area contributed by atoms with Gasteiger partial charge in [-0.3, -0.25) is 10.1 Å². The van der Waals surface area contributed by atoms with Gasteiger partial charge in [-0.05, 0) is 37.7 Å². The molecule has 2 atom stereocenters. The third-order valence-electron chi connectivity index (χ3n) is 5.92.